The quantitative estimate of drug-likeness (QED) is 0.0820. The van der Waals surface area contributed by atoms with Crippen LogP contribution in [0.3, 0.4) is 0 Å². The molecule has 2 heterocycles. The molecule has 0 N–H and O–H groups in total. The molecule has 2 atom stereocenters. The Bertz CT molecular complexity index is 2630. The Balaban J connectivity index is 1.15. The van der Waals surface area contributed by atoms with Crippen LogP contribution in [-0.2, 0) is 17.3 Å². The lowest BCUT2D eigenvalue weighted by atomic mass is 9.75. The first-order chi connectivity index (χ1) is 30.8. The second-order valence-electron chi connectivity index (χ2n) is 17.9. The fraction of sp³-hybridized carbons (Fsp3) is 0.293. The van der Waals surface area contributed by atoms with Gasteiger partial charge in [0, 0.05) is 40.1 Å². The number of allylic oxidation sites excluding steroid dienone is 10. The number of anilines is 1. The van der Waals surface area contributed by atoms with Crippen molar-refractivity contribution in [2.24, 2.45) is 5.92 Å². The van der Waals surface area contributed by atoms with E-state index in [-0.39, 0.29) is 10.8 Å². The van der Waals surface area contributed by atoms with Crippen LogP contribution in [0.5, 0.6) is 11.5 Å². The molecule has 5 aromatic carbocycles. The molecule has 0 saturated carbocycles. The largest absolute Gasteiger partial charge is 0.497 e. The highest BCUT2D eigenvalue weighted by Gasteiger charge is 2.49. The van der Waals surface area contributed by atoms with E-state index < -0.39 is 0 Å². The SMILES string of the molecule is COc1ccc(CC[N+]2=C(C=C(C)C=C3N(CCOc4ccccc4)c4ccccc4C3(C)CCCC3C=CC=C3)C(C)(CCSC3C=CC=C3)c3ccc4ccccc4c32)cc1. The van der Waals surface area contributed by atoms with E-state index in [1.54, 1.807) is 7.11 Å². The van der Waals surface area contributed by atoms with Crippen molar-refractivity contribution in [3.05, 3.63) is 204 Å². The number of thioether (sulfide) groups is 1. The molecule has 0 radical (unpaired) electrons. The topological polar surface area (TPSA) is 24.7 Å². The maximum absolute atomic E-state index is 6.40. The highest BCUT2D eigenvalue weighted by Crippen LogP contribution is 2.52. The molecule has 0 saturated heterocycles. The molecule has 4 aliphatic rings. The Morgan fingerprint density at radius 1 is 0.746 bits per heavy atom. The molecule has 63 heavy (non-hydrogen) atoms. The predicted molar refractivity (Wildman–Crippen MR) is 267 cm³/mol. The van der Waals surface area contributed by atoms with Gasteiger partial charge in [0.15, 0.2) is 12.3 Å². The predicted octanol–water partition coefficient (Wildman–Crippen LogP) is 13.7. The van der Waals surface area contributed by atoms with E-state index >= 15 is 0 Å². The fourth-order valence-electron chi connectivity index (χ4n) is 10.3. The maximum atomic E-state index is 6.40. The van der Waals surface area contributed by atoms with Crippen LogP contribution >= 0.6 is 11.8 Å². The minimum absolute atomic E-state index is 0.166. The van der Waals surface area contributed by atoms with Crippen LogP contribution in [0.1, 0.15) is 63.1 Å². The summed E-state index contributed by atoms with van der Waals surface area (Å²) >= 11 is 2.05. The molecule has 2 aliphatic heterocycles. The van der Waals surface area contributed by atoms with E-state index in [1.807, 2.05) is 30.0 Å². The molecule has 5 aromatic rings. The first-order valence-electron chi connectivity index (χ1n) is 22.9. The van der Waals surface area contributed by atoms with Gasteiger partial charge >= 0.3 is 0 Å². The third-order valence-corrected chi connectivity index (χ3v) is 14.9. The van der Waals surface area contributed by atoms with Gasteiger partial charge in [-0.2, -0.15) is 16.3 Å². The minimum Gasteiger partial charge on any atom is -0.497 e. The van der Waals surface area contributed by atoms with Crippen molar-refractivity contribution in [1.29, 1.82) is 0 Å². The van der Waals surface area contributed by atoms with Crippen molar-refractivity contribution in [3.63, 3.8) is 0 Å². The van der Waals surface area contributed by atoms with Gasteiger partial charge in [-0.05, 0) is 116 Å². The Morgan fingerprint density at radius 3 is 2.27 bits per heavy atom. The van der Waals surface area contributed by atoms with Crippen LogP contribution in [-0.4, -0.2) is 48.1 Å². The van der Waals surface area contributed by atoms with Crippen LogP contribution in [0.25, 0.3) is 10.8 Å². The molecule has 320 valence electrons. The number of benzene rings is 5. The first-order valence-corrected chi connectivity index (χ1v) is 24.0. The van der Waals surface area contributed by atoms with Crippen LogP contribution in [0.2, 0.25) is 0 Å². The summed E-state index contributed by atoms with van der Waals surface area (Å²) in [7, 11) is 1.74. The summed E-state index contributed by atoms with van der Waals surface area (Å²) < 4.78 is 14.6. The molecule has 0 spiro atoms. The number of rotatable bonds is 18. The number of hydrogen-bond acceptors (Lipinski definition) is 4. The van der Waals surface area contributed by atoms with Crippen molar-refractivity contribution in [2.75, 3.05) is 37.5 Å². The minimum atomic E-state index is -0.203. The monoisotopic (exact) mass is 849 g/mol. The molecule has 4 nitrogen and oxygen atoms in total. The van der Waals surface area contributed by atoms with E-state index in [9.17, 15) is 0 Å². The maximum Gasteiger partial charge on any atom is 0.217 e. The highest BCUT2D eigenvalue weighted by molar-refractivity contribution is 8.00. The number of ether oxygens (including phenoxy) is 2. The van der Waals surface area contributed by atoms with Gasteiger partial charge < -0.3 is 14.4 Å². The Morgan fingerprint density at radius 2 is 1.48 bits per heavy atom. The third-order valence-electron chi connectivity index (χ3n) is 13.8. The van der Waals surface area contributed by atoms with Crippen LogP contribution < -0.4 is 14.4 Å². The zero-order valence-electron chi connectivity index (χ0n) is 37.4. The molecule has 9 rings (SSSR count). The van der Waals surface area contributed by atoms with E-state index in [4.69, 9.17) is 9.47 Å². The zero-order chi connectivity index (χ0) is 43.2. The first kappa shape index (κ1) is 42.5. The van der Waals surface area contributed by atoms with Gasteiger partial charge in [-0.25, -0.2) is 0 Å². The van der Waals surface area contributed by atoms with Gasteiger partial charge in [0.2, 0.25) is 5.69 Å². The number of nitrogens with zero attached hydrogens (tertiary/aromatic N) is 2. The lowest BCUT2D eigenvalue weighted by Crippen LogP contribution is -2.33. The molecule has 0 bridgehead atoms. The van der Waals surface area contributed by atoms with Gasteiger partial charge in [0.05, 0.1) is 24.5 Å². The molecule has 0 aromatic heterocycles. The number of para-hydroxylation sites is 2. The smallest absolute Gasteiger partial charge is 0.217 e. The second kappa shape index (κ2) is 18.9. The highest BCUT2D eigenvalue weighted by atomic mass is 32.2. The van der Waals surface area contributed by atoms with Crippen molar-refractivity contribution in [2.45, 2.75) is 69.0 Å². The second-order valence-corrected chi connectivity index (χ2v) is 19.2. The molecular formula is C58H61N2O2S+. The van der Waals surface area contributed by atoms with Crippen LogP contribution in [0.4, 0.5) is 11.4 Å². The van der Waals surface area contributed by atoms with Gasteiger partial charge in [-0.1, -0.05) is 134 Å². The number of fused-ring (bicyclic) bond motifs is 4. The summed E-state index contributed by atoms with van der Waals surface area (Å²) in [6.45, 7) is 9.55. The summed E-state index contributed by atoms with van der Waals surface area (Å²) in [6.07, 6.45) is 28.5. The molecule has 2 aliphatic carbocycles. The summed E-state index contributed by atoms with van der Waals surface area (Å²) in [4.78, 5) is 2.56. The standard InChI is InChI=1S/C58H61N2O2S/c1-43(41-54-57(2,35-16-19-44-17-8-9-18-44)51-26-14-15-27-53(51)59(54)38-39-62-48-21-6-5-7-22-48)42-55-58(3,36-40-63-49-23-11-12-24-49)52-33-30-46-20-10-13-25-50(46)56(52)60(55)37-34-45-28-31-47(61-4)32-29-45/h5-15,17-18,20-33,41-42,44,49H,16,19,34-40H2,1-4H3/q+1. The van der Waals surface area contributed by atoms with Gasteiger partial charge in [-0.15, -0.1) is 0 Å². The zero-order valence-corrected chi connectivity index (χ0v) is 38.2. The summed E-state index contributed by atoms with van der Waals surface area (Å²) in [5.74, 6) is 3.37. The number of hydrogen-bond donors (Lipinski definition) is 0. The molecule has 0 amide bonds. The average molecular weight is 850 g/mol. The van der Waals surface area contributed by atoms with E-state index in [1.165, 1.54) is 55.8 Å². The summed E-state index contributed by atoms with van der Waals surface area (Å²) in [5, 5.41) is 3.03. The molecule has 5 heteroatoms. The summed E-state index contributed by atoms with van der Waals surface area (Å²) in [5.41, 5.74) is 10.4. The number of methoxy groups -OCH3 is 1. The lowest BCUT2D eigenvalue weighted by Gasteiger charge is -2.31. The third kappa shape index (κ3) is 8.91. The van der Waals surface area contributed by atoms with Crippen molar-refractivity contribution in [1.82, 2.24) is 0 Å². The van der Waals surface area contributed by atoms with Crippen LogP contribution in [0, 0.1) is 5.92 Å². The van der Waals surface area contributed by atoms with Gasteiger partial charge in [-0.3, -0.25) is 0 Å². The van der Waals surface area contributed by atoms with Gasteiger partial charge in [0.1, 0.15) is 18.1 Å². The molecule has 2 unspecified atom stereocenters. The normalized spacial score (nSPS) is 21.1. The van der Waals surface area contributed by atoms with Crippen molar-refractivity contribution < 1.29 is 14.0 Å². The average Bonchev–Trinajstić information content (AvgIpc) is 4.12. The molecule has 0 fully saturated rings. The lowest BCUT2D eigenvalue weighted by molar-refractivity contribution is -0.435. The van der Waals surface area contributed by atoms with E-state index in [2.05, 4.69) is 188 Å². The Labute approximate surface area is 379 Å². The van der Waals surface area contributed by atoms with Crippen molar-refractivity contribution in [3.8, 4) is 11.5 Å². The van der Waals surface area contributed by atoms with E-state index in [0.717, 1.165) is 62.4 Å². The fourth-order valence-corrected chi connectivity index (χ4v) is 11.5. The Hall–Kier alpha value is -5.78. The van der Waals surface area contributed by atoms with E-state index in [0.29, 0.717) is 17.8 Å². The van der Waals surface area contributed by atoms with Crippen LogP contribution in [0.15, 0.2) is 187 Å². The summed E-state index contributed by atoms with van der Waals surface area (Å²) in [6, 6.07) is 41.7. The molecular weight excluding hydrogens is 789 g/mol. The Kier molecular flexibility index (Phi) is 12.8. The van der Waals surface area contributed by atoms with Gasteiger partial charge in [0.25, 0.3) is 0 Å². The van der Waals surface area contributed by atoms with Crippen molar-refractivity contribution >= 4 is 39.6 Å².